The number of carboxylic acid groups (broad SMARTS) is 1. The molecule has 1 fully saturated rings. The van der Waals surface area contributed by atoms with Crippen LogP contribution in [0.4, 0.5) is 0 Å². The van der Waals surface area contributed by atoms with E-state index in [9.17, 15) is 9.59 Å². The Morgan fingerprint density at radius 1 is 1.29 bits per heavy atom. The highest BCUT2D eigenvalue weighted by atomic mass is 32.2. The van der Waals surface area contributed by atoms with Crippen molar-refractivity contribution in [3.8, 4) is 0 Å². The molecular weight excluding hydrogens is 236 g/mol. The van der Waals surface area contributed by atoms with E-state index >= 15 is 0 Å². The molecule has 0 atom stereocenters. The van der Waals surface area contributed by atoms with Gasteiger partial charge in [0.05, 0.1) is 0 Å². The van der Waals surface area contributed by atoms with Gasteiger partial charge < -0.3 is 5.11 Å². The quantitative estimate of drug-likeness (QED) is 0.496. The fourth-order valence-electron chi connectivity index (χ4n) is 1.81. The fraction of sp³-hybridized carbons (Fsp3) is 0.385. The largest absolute Gasteiger partial charge is 0.480 e. The van der Waals surface area contributed by atoms with Gasteiger partial charge in [-0.15, -0.1) is 11.8 Å². The standard InChI is InChI=1S/C13H14O3S/c1-2-17-10-5-3-9(4-6-10)11(14)13(7-8-13)12(15)16/h3-6H,2,7-8H2,1H3,(H,15,16). The monoisotopic (exact) mass is 250 g/mol. The van der Waals surface area contributed by atoms with E-state index in [1.54, 1.807) is 23.9 Å². The van der Waals surface area contributed by atoms with Gasteiger partial charge in [0.15, 0.2) is 5.78 Å². The van der Waals surface area contributed by atoms with Crippen molar-refractivity contribution in [3.05, 3.63) is 29.8 Å². The zero-order valence-corrected chi connectivity index (χ0v) is 10.4. The Morgan fingerprint density at radius 3 is 2.29 bits per heavy atom. The van der Waals surface area contributed by atoms with Crippen molar-refractivity contribution in [1.82, 2.24) is 0 Å². The van der Waals surface area contributed by atoms with Gasteiger partial charge >= 0.3 is 5.97 Å². The SMILES string of the molecule is CCSc1ccc(C(=O)C2(C(=O)O)CC2)cc1. The van der Waals surface area contributed by atoms with Crippen molar-refractivity contribution in [2.75, 3.05) is 5.75 Å². The van der Waals surface area contributed by atoms with Crippen LogP contribution in [0.25, 0.3) is 0 Å². The molecule has 0 aliphatic heterocycles. The number of thioether (sulfide) groups is 1. The summed E-state index contributed by atoms with van der Waals surface area (Å²) in [4.78, 5) is 24.2. The zero-order valence-electron chi connectivity index (χ0n) is 9.60. The maximum Gasteiger partial charge on any atom is 0.317 e. The van der Waals surface area contributed by atoms with E-state index in [4.69, 9.17) is 5.11 Å². The van der Waals surface area contributed by atoms with Crippen LogP contribution in [0.3, 0.4) is 0 Å². The molecular formula is C13H14O3S. The van der Waals surface area contributed by atoms with Gasteiger partial charge in [-0.05, 0) is 30.7 Å². The summed E-state index contributed by atoms with van der Waals surface area (Å²) in [5.41, 5.74) is -0.621. The minimum absolute atomic E-state index is 0.252. The molecule has 90 valence electrons. The molecule has 1 aliphatic carbocycles. The first-order valence-corrected chi connectivity index (χ1v) is 6.60. The summed E-state index contributed by atoms with van der Waals surface area (Å²) < 4.78 is 0. The normalized spacial score (nSPS) is 16.5. The number of carboxylic acids is 1. The molecule has 0 bridgehead atoms. The lowest BCUT2D eigenvalue weighted by Crippen LogP contribution is -2.25. The Hall–Kier alpha value is -1.29. The molecule has 1 aliphatic rings. The summed E-state index contributed by atoms with van der Waals surface area (Å²) in [6.45, 7) is 2.06. The molecule has 1 aromatic rings. The van der Waals surface area contributed by atoms with E-state index in [2.05, 4.69) is 6.92 Å². The van der Waals surface area contributed by atoms with Gasteiger partial charge in [0.25, 0.3) is 0 Å². The van der Waals surface area contributed by atoms with E-state index < -0.39 is 11.4 Å². The third-order valence-corrected chi connectivity index (χ3v) is 3.92. The van der Waals surface area contributed by atoms with Crippen molar-refractivity contribution in [3.63, 3.8) is 0 Å². The highest BCUT2D eigenvalue weighted by Gasteiger charge is 2.56. The lowest BCUT2D eigenvalue weighted by atomic mass is 9.95. The second kappa shape index (κ2) is 4.53. The van der Waals surface area contributed by atoms with Gasteiger partial charge in [0, 0.05) is 10.5 Å². The van der Waals surface area contributed by atoms with Crippen LogP contribution in [0, 0.1) is 5.41 Å². The van der Waals surface area contributed by atoms with Gasteiger partial charge in [0.1, 0.15) is 5.41 Å². The highest BCUT2D eigenvalue weighted by Crippen LogP contribution is 2.48. The molecule has 1 aromatic carbocycles. The maximum atomic E-state index is 12.1. The van der Waals surface area contributed by atoms with Crippen molar-refractivity contribution < 1.29 is 14.7 Å². The number of hydrogen-bond acceptors (Lipinski definition) is 3. The van der Waals surface area contributed by atoms with E-state index in [1.807, 2.05) is 12.1 Å². The predicted octanol–water partition coefficient (Wildman–Crippen LogP) is 2.85. The first kappa shape index (κ1) is 12.2. The van der Waals surface area contributed by atoms with E-state index in [0.717, 1.165) is 10.6 Å². The molecule has 17 heavy (non-hydrogen) atoms. The molecule has 1 saturated carbocycles. The molecule has 0 amide bonds. The fourth-order valence-corrected chi connectivity index (χ4v) is 2.47. The average molecular weight is 250 g/mol. The summed E-state index contributed by atoms with van der Waals surface area (Å²) in [7, 11) is 0. The van der Waals surface area contributed by atoms with Crippen molar-refractivity contribution in [2.45, 2.75) is 24.7 Å². The van der Waals surface area contributed by atoms with Gasteiger partial charge in [0.2, 0.25) is 0 Å². The van der Waals surface area contributed by atoms with Crippen LogP contribution in [0.15, 0.2) is 29.2 Å². The van der Waals surface area contributed by atoms with Crippen molar-refractivity contribution >= 4 is 23.5 Å². The van der Waals surface area contributed by atoms with Crippen LogP contribution in [0.2, 0.25) is 0 Å². The number of carbonyl (C=O) groups is 2. The minimum atomic E-state index is -1.13. The van der Waals surface area contributed by atoms with Crippen LogP contribution in [-0.2, 0) is 4.79 Å². The Labute approximate surface area is 104 Å². The van der Waals surface area contributed by atoms with Crippen LogP contribution in [0.5, 0.6) is 0 Å². The Balaban J connectivity index is 2.18. The highest BCUT2D eigenvalue weighted by molar-refractivity contribution is 7.99. The Morgan fingerprint density at radius 2 is 1.88 bits per heavy atom. The summed E-state index contributed by atoms with van der Waals surface area (Å²) >= 11 is 1.70. The number of rotatable bonds is 5. The summed E-state index contributed by atoms with van der Waals surface area (Å²) in [6, 6.07) is 7.20. The number of ketones is 1. The molecule has 1 N–H and O–H groups in total. The second-order valence-electron chi connectivity index (χ2n) is 4.17. The third-order valence-electron chi connectivity index (χ3n) is 3.02. The molecule has 4 heteroatoms. The molecule has 0 unspecified atom stereocenters. The topological polar surface area (TPSA) is 54.4 Å². The molecule has 3 nitrogen and oxygen atoms in total. The minimum Gasteiger partial charge on any atom is -0.480 e. The lowest BCUT2D eigenvalue weighted by molar-refractivity contribution is -0.141. The van der Waals surface area contributed by atoms with Crippen LogP contribution in [-0.4, -0.2) is 22.6 Å². The lowest BCUT2D eigenvalue weighted by Gasteiger charge is -2.08. The summed E-state index contributed by atoms with van der Waals surface area (Å²) in [5.74, 6) is -0.264. The van der Waals surface area contributed by atoms with Gasteiger partial charge in [-0.25, -0.2) is 0 Å². The molecule has 0 spiro atoms. The van der Waals surface area contributed by atoms with Gasteiger partial charge in [-0.2, -0.15) is 0 Å². The summed E-state index contributed by atoms with van der Waals surface area (Å²) in [5, 5.41) is 9.05. The molecule has 0 heterocycles. The molecule has 0 saturated heterocycles. The molecule has 2 rings (SSSR count). The third kappa shape index (κ3) is 2.22. The summed E-state index contributed by atoms with van der Waals surface area (Å²) in [6.07, 6.45) is 0.930. The van der Waals surface area contributed by atoms with Crippen LogP contribution in [0.1, 0.15) is 30.1 Å². The van der Waals surface area contributed by atoms with E-state index in [1.165, 1.54) is 0 Å². The number of Topliss-reactive ketones (excluding diaryl/α,β-unsaturated/α-hetero) is 1. The molecule has 0 aromatic heterocycles. The van der Waals surface area contributed by atoms with Crippen molar-refractivity contribution in [2.24, 2.45) is 5.41 Å². The van der Waals surface area contributed by atoms with Crippen molar-refractivity contribution in [1.29, 1.82) is 0 Å². The van der Waals surface area contributed by atoms with E-state index in [-0.39, 0.29) is 5.78 Å². The maximum absolute atomic E-state index is 12.1. The van der Waals surface area contributed by atoms with Crippen LogP contribution >= 0.6 is 11.8 Å². The molecule has 0 radical (unpaired) electrons. The Bertz CT molecular complexity index is 446. The number of aliphatic carboxylic acids is 1. The van der Waals surface area contributed by atoms with Gasteiger partial charge in [-0.3, -0.25) is 9.59 Å². The first-order chi connectivity index (χ1) is 8.10. The van der Waals surface area contributed by atoms with E-state index in [0.29, 0.717) is 18.4 Å². The first-order valence-electron chi connectivity index (χ1n) is 5.61. The predicted molar refractivity (Wildman–Crippen MR) is 66.5 cm³/mol. The smallest absolute Gasteiger partial charge is 0.317 e. The number of carbonyl (C=O) groups excluding carboxylic acids is 1. The van der Waals surface area contributed by atoms with Crippen LogP contribution < -0.4 is 0 Å². The number of benzene rings is 1. The number of hydrogen-bond donors (Lipinski definition) is 1. The van der Waals surface area contributed by atoms with Gasteiger partial charge in [-0.1, -0.05) is 19.1 Å². The second-order valence-corrected chi connectivity index (χ2v) is 5.51. The zero-order chi connectivity index (χ0) is 12.5. The Kier molecular flexibility index (Phi) is 3.24. The average Bonchev–Trinajstić information content (AvgIpc) is 3.11.